The Kier molecular flexibility index (Phi) is 7.79. The van der Waals surface area contributed by atoms with Crippen LogP contribution in [-0.2, 0) is 22.7 Å². The lowest BCUT2D eigenvalue weighted by Gasteiger charge is -2.26. The van der Waals surface area contributed by atoms with Gasteiger partial charge in [-0.3, -0.25) is 14.6 Å². The molecule has 7 nitrogen and oxygen atoms in total. The number of hydrogen-bond donors (Lipinski definition) is 3. The molecule has 0 bridgehead atoms. The Balaban J connectivity index is 2.03. The molecule has 7 heteroatoms. The molecule has 0 spiro atoms. The molecule has 0 aliphatic rings. The smallest absolute Gasteiger partial charge is 0.317 e. The second-order valence-corrected chi connectivity index (χ2v) is 6.26. The molecule has 0 radical (unpaired) electrons. The van der Waals surface area contributed by atoms with Gasteiger partial charge in [-0.25, -0.2) is 0 Å². The van der Waals surface area contributed by atoms with Crippen LogP contribution in [-0.4, -0.2) is 63.6 Å². The van der Waals surface area contributed by atoms with Crippen molar-refractivity contribution in [1.82, 2.24) is 9.80 Å². The highest BCUT2D eigenvalue weighted by Gasteiger charge is 2.15. The highest BCUT2D eigenvalue weighted by atomic mass is 16.4. The van der Waals surface area contributed by atoms with Crippen LogP contribution >= 0.6 is 0 Å². The van der Waals surface area contributed by atoms with E-state index < -0.39 is 5.97 Å². The van der Waals surface area contributed by atoms with Crippen LogP contribution in [0.15, 0.2) is 48.5 Å². The van der Waals surface area contributed by atoms with Crippen LogP contribution in [0.1, 0.15) is 11.1 Å². The second kappa shape index (κ2) is 10.3. The van der Waals surface area contributed by atoms with Gasteiger partial charge in [0.15, 0.2) is 0 Å². The predicted octanol–water partition coefficient (Wildman–Crippen LogP) is 1.69. The summed E-state index contributed by atoms with van der Waals surface area (Å²) in [5.41, 5.74) is 1.34. The quantitative estimate of drug-likeness (QED) is 0.516. The number of hydrogen-bond acceptors (Lipinski definition) is 6. The molecule has 0 aromatic heterocycles. The van der Waals surface area contributed by atoms with Gasteiger partial charge in [0, 0.05) is 37.3 Å². The fraction of sp³-hybridized carbons (Fsp3) is 0.300. The molecule has 0 saturated carbocycles. The summed E-state index contributed by atoms with van der Waals surface area (Å²) in [4.78, 5) is 25.7. The van der Waals surface area contributed by atoms with E-state index in [9.17, 15) is 19.8 Å². The van der Waals surface area contributed by atoms with E-state index in [1.54, 1.807) is 47.4 Å². The normalized spacial score (nSPS) is 11.0. The minimum absolute atomic E-state index is 0.117. The third kappa shape index (κ3) is 6.73. The van der Waals surface area contributed by atoms with E-state index in [0.717, 1.165) is 6.29 Å². The first-order valence-electron chi connectivity index (χ1n) is 8.63. The molecule has 2 rings (SSSR count). The summed E-state index contributed by atoms with van der Waals surface area (Å²) in [6, 6.07) is 13.7. The van der Waals surface area contributed by atoms with Crippen LogP contribution in [0, 0.1) is 0 Å². The van der Waals surface area contributed by atoms with Crippen LogP contribution in [0.25, 0.3) is 0 Å². The highest BCUT2D eigenvalue weighted by Crippen LogP contribution is 2.19. The topological polar surface area (TPSA) is 101 Å². The molecule has 0 aliphatic carbocycles. The van der Waals surface area contributed by atoms with Gasteiger partial charge >= 0.3 is 5.97 Å². The van der Waals surface area contributed by atoms with Gasteiger partial charge in [0.25, 0.3) is 0 Å². The minimum atomic E-state index is -0.965. The number of carboxylic acid groups (broad SMARTS) is 1. The maximum atomic E-state index is 11.2. The van der Waals surface area contributed by atoms with Crippen molar-refractivity contribution < 1.29 is 24.9 Å². The van der Waals surface area contributed by atoms with E-state index in [-0.39, 0.29) is 31.1 Å². The second-order valence-electron chi connectivity index (χ2n) is 6.26. The number of carbonyl (C=O) groups is 2. The van der Waals surface area contributed by atoms with Crippen LogP contribution in [0.4, 0.5) is 0 Å². The Morgan fingerprint density at radius 3 is 1.81 bits per heavy atom. The SMILES string of the molecule is O=CCN(CCN(CC(=O)O)Cc1ccccc1O)Cc1ccccc1O. The van der Waals surface area contributed by atoms with E-state index in [0.29, 0.717) is 30.8 Å². The number of aldehydes is 1. The van der Waals surface area contributed by atoms with Gasteiger partial charge in [0.2, 0.25) is 0 Å². The van der Waals surface area contributed by atoms with Gasteiger partial charge < -0.3 is 20.1 Å². The number of carbonyl (C=O) groups excluding carboxylic acids is 1. The third-order valence-corrected chi connectivity index (χ3v) is 4.20. The number of aromatic hydroxyl groups is 2. The number of phenolic OH excluding ortho intramolecular Hbond substituents is 2. The van der Waals surface area contributed by atoms with Crippen molar-refractivity contribution in [2.24, 2.45) is 0 Å². The van der Waals surface area contributed by atoms with Gasteiger partial charge in [-0.05, 0) is 12.1 Å². The summed E-state index contributed by atoms with van der Waals surface area (Å²) in [5, 5.41) is 29.0. The van der Waals surface area contributed by atoms with Gasteiger partial charge in [-0.2, -0.15) is 0 Å². The lowest BCUT2D eigenvalue weighted by molar-refractivity contribution is -0.138. The predicted molar refractivity (Wildman–Crippen MR) is 100 cm³/mol. The largest absolute Gasteiger partial charge is 0.508 e. The van der Waals surface area contributed by atoms with Crippen molar-refractivity contribution in [3.05, 3.63) is 59.7 Å². The lowest BCUT2D eigenvalue weighted by atomic mass is 10.1. The van der Waals surface area contributed by atoms with E-state index in [1.165, 1.54) is 0 Å². The third-order valence-electron chi connectivity index (χ3n) is 4.20. The van der Waals surface area contributed by atoms with Gasteiger partial charge in [0.1, 0.15) is 17.8 Å². The minimum Gasteiger partial charge on any atom is -0.508 e. The zero-order chi connectivity index (χ0) is 19.6. The van der Waals surface area contributed by atoms with Crippen LogP contribution in [0.5, 0.6) is 11.5 Å². The number of aliphatic carboxylic acids is 1. The standard InChI is InChI=1S/C20H24N2O5/c23-12-11-21(13-16-5-1-3-7-18(16)24)9-10-22(15-20(26)27)14-17-6-2-4-8-19(17)25/h1-8,12,24-25H,9-11,13-15H2,(H,26,27). The molecule has 3 N–H and O–H groups in total. The fourth-order valence-corrected chi connectivity index (χ4v) is 2.80. The van der Waals surface area contributed by atoms with Crippen molar-refractivity contribution in [3.63, 3.8) is 0 Å². The molecule has 0 aliphatic heterocycles. The molecule has 2 aromatic rings. The zero-order valence-corrected chi connectivity index (χ0v) is 15.0. The van der Waals surface area contributed by atoms with Crippen molar-refractivity contribution in [1.29, 1.82) is 0 Å². The van der Waals surface area contributed by atoms with Crippen LogP contribution in [0.3, 0.4) is 0 Å². The molecular weight excluding hydrogens is 348 g/mol. The molecule has 27 heavy (non-hydrogen) atoms. The van der Waals surface area contributed by atoms with Gasteiger partial charge in [0.05, 0.1) is 13.1 Å². The molecular formula is C20H24N2O5. The number of para-hydroxylation sites is 2. The molecule has 144 valence electrons. The summed E-state index contributed by atoms with van der Waals surface area (Å²) in [5.74, 6) is -0.690. The summed E-state index contributed by atoms with van der Waals surface area (Å²) in [6.45, 7) is 1.48. The number of carboxylic acids is 1. The van der Waals surface area contributed by atoms with E-state index in [4.69, 9.17) is 5.11 Å². The number of benzene rings is 2. The molecule has 0 unspecified atom stereocenters. The monoisotopic (exact) mass is 372 g/mol. The van der Waals surface area contributed by atoms with E-state index in [1.807, 2.05) is 11.0 Å². The average molecular weight is 372 g/mol. The Labute approximate surface area is 158 Å². The Hall–Kier alpha value is -2.90. The molecule has 0 atom stereocenters. The van der Waals surface area contributed by atoms with Crippen molar-refractivity contribution in [2.45, 2.75) is 13.1 Å². The molecule has 0 fully saturated rings. The van der Waals surface area contributed by atoms with Crippen molar-refractivity contribution in [2.75, 3.05) is 26.2 Å². The first-order valence-corrected chi connectivity index (χ1v) is 8.63. The highest BCUT2D eigenvalue weighted by molar-refractivity contribution is 5.69. The first-order chi connectivity index (χ1) is 13.0. The maximum absolute atomic E-state index is 11.2. The Bertz CT molecular complexity index is 766. The number of rotatable bonds is 11. The first kappa shape index (κ1) is 20.4. The Morgan fingerprint density at radius 1 is 0.852 bits per heavy atom. The number of nitrogens with zero attached hydrogens (tertiary/aromatic N) is 2. The van der Waals surface area contributed by atoms with Crippen molar-refractivity contribution in [3.8, 4) is 11.5 Å². The lowest BCUT2D eigenvalue weighted by Crippen LogP contribution is -2.38. The maximum Gasteiger partial charge on any atom is 0.317 e. The number of phenols is 2. The summed E-state index contributed by atoms with van der Waals surface area (Å²) in [6.07, 6.45) is 0.782. The van der Waals surface area contributed by atoms with Crippen LogP contribution < -0.4 is 0 Å². The van der Waals surface area contributed by atoms with Gasteiger partial charge in [-0.15, -0.1) is 0 Å². The van der Waals surface area contributed by atoms with Crippen LogP contribution in [0.2, 0.25) is 0 Å². The van der Waals surface area contributed by atoms with E-state index >= 15 is 0 Å². The van der Waals surface area contributed by atoms with E-state index in [2.05, 4.69) is 0 Å². The summed E-state index contributed by atoms with van der Waals surface area (Å²) >= 11 is 0. The molecule has 0 saturated heterocycles. The summed E-state index contributed by atoms with van der Waals surface area (Å²) in [7, 11) is 0. The van der Waals surface area contributed by atoms with Crippen molar-refractivity contribution >= 4 is 12.3 Å². The molecule has 0 amide bonds. The average Bonchev–Trinajstić information content (AvgIpc) is 2.63. The fourth-order valence-electron chi connectivity index (χ4n) is 2.80. The molecule has 2 aromatic carbocycles. The zero-order valence-electron chi connectivity index (χ0n) is 15.0. The van der Waals surface area contributed by atoms with Gasteiger partial charge in [-0.1, -0.05) is 36.4 Å². The summed E-state index contributed by atoms with van der Waals surface area (Å²) < 4.78 is 0. The Morgan fingerprint density at radius 2 is 1.33 bits per heavy atom. The molecule has 0 heterocycles.